The number of hydrogen-bond acceptors (Lipinski definition) is 5. The Morgan fingerprint density at radius 2 is 1.78 bits per heavy atom. The summed E-state index contributed by atoms with van der Waals surface area (Å²) in [7, 11) is 0. The normalized spacial score (nSPS) is 18.2. The Kier molecular flexibility index (Phi) is 5.91. The maximum absolute atomic E-state index is 15.0. The third-order valence-electron chi connectivity index (χ3n) is 6.15. The fourth-order valence-electron chi connectivity index (χ4n) is 4.49. The van der Waals surface area contributed by atoms with Crippen LogP contribution in [0.4, 0.5) is 17.6 Å². The minimum Gasteiger partial charge on any atom is -0.502 e. The van der Waals surface area contributed by atoms with Crippen molar-refractivity contribution in [2.75, 3.05) is 24.8 Å². The molecule has 7 nitrogen and oxygen atoms in total. The van der Waals surface area contributed by atoms with Crippen LogP contribution in [0.5, 0.6) is 11.5 Å². The van der Waals surface area contributed by atoms with E-state index in [0.717, 1.165) is 12.1 Å². The van der Waals surface area contributed by atoms with Crippen molar-refractivity contribution in [2.24, 2.45) is 0 Å². The molecule has 1 amide bonds. The molecule has 186 valence electrons. The van der Waals surface area contributed by atoms with Crippen LogP contribution in [0.2, 0.25) is 0 Å². The number of benzene rings is 2. The molecule has 0 aliphatic carbocycles. The Labute approximate surface area is 202 Å². The highest BCUT2D eigenvalue weighted by atomic mass is 19.3. The number of halogens is 4. The second kappa shape index (κ2) is 9.06. The molecule has 1 N–H and O–H groups in total. The molecule has 2 aromatic carbocycles. The van der Waals surface area contributed by atoms with Crippen molar-refractivity contribution in [1.82, 2.24) is 9.58 Å². The largest absolute Gasteiger partial charge is 0.502 e. The summed E-state index contributed by atoms with van der Waals surface area (Å²) < 4.78 is 64.3. The Balaban J connectivity index is 1.87. The van der Waals surface area contributed by atoms with Crippen LogP contribution in [0.25, 0.3) is 0 Å². The molecule has 0 saturated carbocycles. The van der Waals surface area contributed by atoms with E-state index >= 15 is 4.39 Å². The first-order chi connectivity index (χ1) is 17.3. The zero-order valence-electron chi connectivity index (χ0n) is 18.6. The molecule has 2 aliphatic heterocycles. The monoisotopic (exact) mass is 501 g/mol. The van der Waals surface area contributed by atoms with Gasteiger partial charge < -0.3 is 14.7 Å². The van der Waals surface area contributed by atoms with Gasteiger partial charge in [0, 0.05) is 29.9 Å². The van der Waals surface area contributed by atoms with E-state index in [2.05, 4.69) is 0 Å². The molecule has 2 aliphatic rings. The highest BCUT2D eigenvalue weighted by Crippen LogP contribution is 2.41. The summed E-state index contributed by atoms with van der Waals surface area (Å²) in [6.07, 6.45) is 1.35. The maximum atomic E-state index is 15.0. The number of carbonyl (C=O) groups is 1. The van der Waals surface area contributed by atoms with Crippen molar-refractivity contribution in [1.29, 1.82) is 0 Å². The molecule has 0 saturated heterocycles. The molecule has 0 unspecified atom stereocenters. The molecule has 0 spiro atoms. The van der Waals surface area contributed by atoms with Gasteiger partial charge in [-0.15, -0.1) is 0 Å². The highest BCUT2D eigenvalue weighted by molar-refractivity contribution is 5.96. The molecule has 0 radical (unpaired) electrons. The zero-order valence-corrected chi connectivity index (χ0v) is 18.6. The summed E-state index contributed by atoms with van der Waals surface area (Å²) >= 11 is 0. The van der Waals surface area contributed by atoms with Gasteiger partial charge in [0.15, 0.2) is 23.0 Å². The van der Waals surface area contributed by atoms with E-state index in [1.165, 1.54) is 57.2 Å². The molecular formula is C25H19F4N3O4. The van der Waals surface area contributed by atoms with Gasteiger partial charge in [-0.2, -0.15) is 4.39 Å². The van der Waals surface area contributed by atoms with E-state index in [9.17, 15) is 27.9 Å². The number of carbonyl (C=O) groups excluding carboxylic acids is 1. The van der Waals surface area contributed by atoms with Crippen LogP contribution < -0.4 is 15.2 Å². The van der Waals surface area contributed by atoms with Gasteiger partial charge in [0.1, 0.15) is 19.3 Å². The van der Waals surface area contributed by atoms with E-state index in [-0.39, 0.29) is 42.2 Å². The number of amides is 1. The highest BCUT2D eigenvalue weighted by Gasteiger charge is 2.39. The molecule has 0 fully saturated rings. The first kappa shape index (κ1) is 23.5. The zero-order chi connectivity index (χ0) is 25.6. The van der Waals surface area contributed by atoms with Gasteiger partial charge in [-0.25, -0.2) is 13.2 Å². The Morgan fingerprint density at radius 1 is 1.00 bits per heavy atom. The summed E-state index contributed by atoms with van der Waals surface area (Å²) in [4.78, 5) is 26.7. The molecule has 2 bridgehead atoms. The van der Waals surface area contributed by atoms with Crippen molar-refractivity contribution in [3.8, 4) is 11.5 Å². The van der Waals surface area contributed by atoms with E-state index in [1.807, 2.05) is 0 Å². The number of nitrogens with zero attached hydrogens (tertiary/aromatic N) is 3. The lowest BCUT2D eigenvalue weighted by atomic mass is 9.92. The minimum atomic E-state index is -2.92. The molecule has 3 heterocycles. The summed E-state index contributed by atoms with van der Waals surface area (Å²) in [6, 6.07) is 7.44. The van der Waals surface area contributed by atoms with Gasteiger partial charge in [0.05, 0.1) is 0 Å². The van der Waals surface area contributed by atoms with Crippen LogP contribution in [0, 0.1) is 11.6 Å². The molecular weight excluding hydrogens is 482 g/mol. The van der Waals surface area contributed by atoms with Gasteiger partial charge in [-0.3, -0.25) is 19.3 Å². The Bertz CT molecular complexity index is 1440. The molecule has 11 heteroatoms. The second-order valence-electron chi connectivity index (χ2n) is 8.22. The Morgan fingerprint density at radius 3 is 2.56 bits per heavy atom. The number of aromatic nitrogens is 1. The Hall–Kier alpha value is -4.28. The molecule has 5 rings (SSSR count). The van der Waals surface area contributed by atoms with Crippen molar-refractivity contribution in [3.63, 3.8) is 0 Å². The van der Waals surface area contributed by atoms with Crippen LogP contribution in [0.15, 0.2) is 65.6 Å². The van der Waals surface area contributed by atoms with Crippen LogP contribution in [0.1, 0.15) is 39.6 Å². The lowest BCUT2D eigenvalue weighted by molar-refractivity contribution is 0.0700. The van der Waals surface area contributed by atoms with Gasteiger partial charge in [-0.05, 0) is 23.8 Å². The fraction of sp³-hybridized carbons (Fsp3) is 0.200. The smallest absolute Gasteiger partial charge is 0.278 e. The predicted octanol–water partition coefficient (Wildman–Crippen LogP) is 3.86. The average molecular weight is 501 g/mol. The lowest BCUT2D eigenvalue weighted by Crippen LogP contribution is -2.55. The summed E-state index contributed by atoms with van der Waals surface area (Å²) in [5.41, 5.74) is -1.52. The van der Waals surface area contributed by atoms with Gasteiger partial charge in [0.25, 0.3) is 12.3 Å². The van der Waals surface area contributed by atoms with E-state index in [0.29, 0.717) is 0 Å². The van der Waals surface area contributed by atoms with Gasteiger partial charge in [-0.1, -0.05) is 30.3 Å². The quantitative estimate of drug-likeness (QED) is 0.427. The van der Waals surface area contributed by atoms with Crippen molar-refractivity contribution < 1.29 is 32.2 Å². The fourth-order valence-corrected chi connectivity index (χ4v) is 4.49. The number of alkyl halides is 2. The predicted molar refractivity (Wildman–Crippen MR) is 121 cm³/mol. The van der Waals surface area contributed by atoms with Gasteiger partial charge >= 0.3 is 0 Å². The molecule has 3 aromatic rings. The third-order valence-corrected chi connectivity index (χ3v) is 6.15. The number of aromatic hydroxyl groups is 1. The summed E-state index contributed by atoms with van der Waals surface area (Å²) in [5.74, 6) is -4.46. The van der Waals surface area contributed by atoms with Crippen molar-refractivity contribution >= 4 is 5.91 Å². The first-order valence-electron chi connectivity index (χ1n) is 10.9. The average Bonchev–Trinajstić information content (AvgIpc) is 2.89. The van der Waals surface area contributed by atoms with E-state index in [4.69, 9.17) is 4.74 Å². The number of ether oxygens (including phenoxy) is 1. The SMILES string of the molecule is O=C1c2c(O)c(=O)ccn2N2CN1C/C=C\COc1c(ccc(F)c1F)[C@@H]2c1ccccc1C(F)F. The van der Waals surface area contributed by atoms with Crippen LogP contribution >= 0.6 is 0 Å². The number of fused-ring (bicyclic) bond motifs is 5. The van der Waals surface area contributed by atoms with Crippen LogP contribution in [-0.4, -0.2) is 40.4 Å². The van der Waals surface area contributed by atoms with Crippen LogP contribution in [-0.2, 0) is 0 Å². The number of rotatable bonds is 2. The van der Waals surface area contributed by atoms with E-state index < -0.39 is 46.9 Å². The lowest BCUT2D eigenvalue weighted by Gasteiger charge is -2.44. The van der Waals surface area contributed by atoms with Gasteiger partial charge in [0.2, 0.25) is 11.2 Å². The number of pyridine rings is 1. The summed E-state index contributed by atoms with van der Waals surface area (Å²) in [5, 5.41) is 11.9. The maximum Gasteiger partial charge on any atom is 0.278 e. The third kappa shape index (κ3) is 3.76. The second-order valence-corrected chi connectivity index (χ2v) is 8.22. The summed E-state index contributed by atoms with van der Waals surface area (Å²) in [6.45, 7) is -0.370. The van der Waals surface area contributed by atoms with Crippen molar-refractivity contribution in [3.05, 3.63) is 105 Å². The standard InChI is InChI=1S/C25H19F4N3O4/c26-17-8-7-16-20(14-5-1-2-6-15(14)24(28)29)32-13-30(10-3-4-12-36-23(16)19(17)27)25(35)21-22(34)18(33)9-11-31(21)32/h1-9,11,20,24,34H,10,12-13H2/b4-3-/t20-/m0/s1. The van der Waals surface area contributed by atoms with Crippen LogP contribution in [0.3, 0.4) is 0 Å². The number of hydrogen-bond donors (Lipinski definition) is 1. The minimum absolute atomic E-state index is 0.00994. The van der Waals surface area contributed by atoms with E-state index in [1.54, 1.807) is 6.08 Å². The molecule has 36 heavy (non-hydrogen) atoms. The van der Waals surface area contributed by atoms with Crippen molar-refractivity contribution in [2.45, 2.75) is 12.5 Å². The molecule has 1 aromatic heterocycles. The molecule has 1 atom stereocenters. The topological polar surface area (TPSA) is 75.0 Å². The first-order valence-corrected chi connectivity index (χ1v) is 10.9.